The van der Waals surface area contributed by atoms with Crippen molar-refractivity contribution in [1.82, 2.24) is 5.32 Å². The molecule has 0 saturated carbocycles. The predicted molar refractivity (Wildman–Crippen MR) is 138 cm³/mol. The number of carbonyl (C=O) groups excluding carboxylic acids is 1. The molecule has 0 heterocycles. The number of hydrogen-bond acceptors (Lipinski definition) is 4. The number of aliphatic hydroxyl groups is 1. The highest BCUT2D eigenvalue weighted by atomic mass is 32.2. The summed E-state index contributed by atoms with van der Waals surface area (Å²) in [5.41, 5.74) is 0. The summed E-state index contributed by atoms with van der Waals surface area (Å²) < 4.78 is 31.8. The highest BCUT2D eigenvalue weighted by Crippen LogP contribution is 2.12. The lowest BCUT2D eigenvalue weighted by Gasteiger charge is -2.21. The Bertz CT molecular complexity index is 631. The molecule has 0 aromatic carbocycles. The van der Waals surface area contributed by atoms with Gasteiger partial charge in [0.1, 0.15) is 0 Å². The Morgan fingerprint density at radius 3 is 1.85 bits per heavy atom. The molecule has 0 aliphatic rings. The summed E-state index contributed by atoms with van der Waals surface area (Å²) in [6.07, 6.45) is 23.3. The van der Waals surface area contributed by atoms with Crippen LogP contribution in [0.5, 0.6) is 0 Å². The van der Waals surface area contributed by atoms with E-state index < -0.39 is 28.0 Å². The van der Waals surface area contributed by atoms with Crippen LogP contribution in [-0.4, -0.2) is 41.9 Å². The van der Waals surface area contributed by atoms with E-state index in [1.54, 1.807) is 6.08 Å². The molecule has 0 radical (unpaired) electrons. The van der Waals surface area contributed by atoms with Crippen molar-refractivity contribution in [3.05, 3.63) is 24.3 Å². The first kappa shape index (κ1) is 31.8. The first-order valence-electron chi connectivity index (χ1n) is 13.0. The predicted octanol–water partition coefficient (Wildman–Crippen LogP) is 6.11. The van der Waals surface area contributed by atoms with Crippen LogP contribution in [0.4, 0.5) is 0 Å². The van der Waals surface area contributed by atoms with E-state index in [0.29, 0.717) is 6.42 Å². The second-order valence-corrected chi connectivity index (χ2v) is 10.5. The Kier molecular flexibility index (Phi) is 20.6. The number of hydrogen-bond donors (Lipinski definition) is 3. The van der Waals surface area contributed by atoms with Gasteiger partial charge in [0.2, 0.25) is 5.91 Å². The third-order valence-electron chi connectivity index (χ3n) is 5.61. The van der Waals surface area contributed by atoms with Gasteiger partial charge in [-0.25, -0.2) is 0 Å². The van der Waals surface area contributed by atoms with Crippen molar-refractivity contribution in [3.63, 3.8) is 0 Å². The zero-order valence-electron chi connectivity index (χ0n) is 21.0. The van der Waals surface area contributed by atoms with E-state index in [2.05, 4.69) is 31.3 Å². The quantitative estimate of drug-likeness (QED) is 0.0970. The second kappa shape index (κ2) is 21.4. The topological polar surface area (TPSA) is 104 Å². The van der Waals surface area contributed by atoms with Crippen molar-refractivity contribution in [2.75, 3.05) is 5.75 Å². The van der Waals surface area contributed by atoms with Crippen LogP contribution < -0.4 is 5.32 Å². The minimum Gasteiger partial charge on any atom is -0.387 e. The van der Waals surface area contributed by atoms with E-state index in [1.165, 1.54) is 57.4 Å². The highest BCUT2D eigenvalue weighted by Gasteiger charge is 2.24. The molecule has 7 heteroatoms. The number of carbonyl (C=O) groups is 1. The average molecular weight is 488 g/mol. The Labute approximate surface area is 203 Å². The largest absolute Gasteiger partial charge is 0.387 e. The molecule has 0 bridgehead atoms. The van der Waals surface area contributed by atoms with Crippen LogP contribution in [0.2, 0.25) is 0 Å². The summed E-state index contributed by atoms with van der Waals surface area (Å²) in [5.74, 6) is -1.01. The van der Waals surface area contributed by atoms with Crippen LogP contribution in [0.15, 0.2) is 24.3 Å². The highest BCUT2D eigenvalue weighted by molar-refractivity contribution is 7.85. The van der Waals surface area contributed by atoms with Crippen molar-refractivity contribution in [2.45, 2.75) is 129 Å². The molecular weight excluding hydrogens is 438 g/mol. The first-order chi connectivity index (χ1) is 15.8. The van der Waals surface area contributed by atoms with Gasteiger partial charge < -0.3 is 10.4 Å². The van der Waals surface area contributed by atoms with E-state index in [4.69, 9.17) is 0 Å². The summed E-state index contributed by atoms with van der Waals surface area (Å²) in [4.78, 5) is 12.2. The first-order valence-corrected chi connectivity index (χ1v) is 14.6. The molecule has 1 amide bonds. The summed E-state index contributed by atoms with van der Waals surface area (Å²) >= 11 is 0. The third-order valence-corrected chi connectivity index (χ3v) is 6.39. The van der Waals surface area contributed by atoms with Crippen LogP contribution in [-0.2, 0) is 14.9 Å². The Morgan fingerprint density at radius 2 is 1.30 bits per heavy atom. The maximum atomic E-state index is 12.2. The lowest BCUT2D eigenvalue weighted by atomic mass is 10.0. The number of amides is 1. The van der Waals surface area contributed by atoms with Gasteiger partial charge in [-0.1, -0.05) is 109 Å². The Balaban J connectivity index is 4.18. The molecule has 2 atom stereocenters. The molecule has 3 N–H and O–H groups in total. The smallest absolute Gasteiger partial charge is 0.267 e. The SMILES string of the molecule is CCC/C=C/CC/C=C/C(O)C(CS(=O)(=O)O)NC(=O)CCCCCCCCCCCCC. The fourth-order valence-corrected chi connectivity index (χ4v) is 4.38. The maximum Gasteiger partial charge on any atom is 0.267 e. The third kappa shape index (κ3) is 22.4. The summed E-state index contributed by atoms with van der Waals surface area (Å²) in [6.45, 7) is 4.34. The molecule has 194 valence electrons. The van der Waals surface area contributed by atoms with E-state index in [-0.39, 0.29) is 12.3 Å². The van der Waals surface area contributed by atoms with E-state index in [0.717, 1.165) is 38.5 Å². The summed E-state index contributed by atoms with van der Waals surface area (Å²) in [7, 11) is -4.33. The van der Waals surface area contributed by atoms with Gasteiger partial charge in [0.15, 0.2) is 0 Å². The molecule has 0 saturated heterocycles. The molecule has 0 aromatic rings. The van der Waals surface area contributed by atoms with Crippen molar-refractivity contribution >= 4 is 16.0 Å². The van der Waals surface area contributed by atoms with Gasteiger partial charge >= 0.3 is 0 Å². The van der Waals surface area contributed by atoms with Crippen molar-refractivity contribution in [1.29, 1.82) is 0 Å². The molecule has 0 fully saturated rings. The average Bonchev–Trinajstić information content (AvgIpc) is 2.75. The van der Waals surface area contributed by atoms with Gasteiger partial charge in [-0.2, -0.15) is 8.42 Å². The minimum atomic E-state index is -4.33. The van der Waals surface area contributed by atoms with Crippen molar-refractivity contribution in [3.8, 4) is 0 Å². The monoisotopic (exact) mass is 487 g/mol. The molecule has 0 aromatic heterocycles. The molecule has 2 unspecified atom stereocenters. The van der Waals surface area contributed by atoms with Crippen LogP contribution >= 0.6 is 0 Å². The second-order valence-electron chi connectivity index (χ2n) is 8.96. The molecule has 0 rings (SSSR count). The lowest BCUT2D eigenvalue weighted by molar-refractivity contribution is -0.122. The van der Waals surface area contributed by atoms with Gasteiger partial charge in [0, 0.05) is 6.42 Å². The van der Waals surface area contributed by atoms with E-state index in [9.17, 15) is 22.9 Å². The lowest BCUT2D eigenvalue weighted by Crippen LogP contribution is -2.46. The number of rotatable bonds is 22. The Morgan fingerprint density at radius 1 is 0.788 bits per heavy atom. The molecule has 0 spiro atoms. The zero-order chi connectivity index (χ0) is 24.8. The zero-order valence-corrected chi connectivity index (χ0v) is 21.8. The number of aliphatic hydroxyl groups excluding tert-OH is 1. The van der Waals surface area contributed by atoms with E-state index in [1.807, 2.05) is 0 Å². The minimum absolute atomic E-state index is 0.289. The van der Waals surface area contributed by atoms with Crippen LogP contribution in [0, 0.1) is 0 Å². The number of nitrogens with one attached hydrogen (secondary N) is 1. The summed E-state index contributed by atoms with van der Waals surface area (Å²) in [5, 5.41) is 12.9. The molecular formula is C26H49NO5S. The van der Waals surface area contributed by atoms with Crippen molar-refractivity contribution in [2.24, 2.45) is 0 Å². The van der Waals surface area contributed by atoms with Crippen LogP contribution in [0.1, 0.15) is 117 Å². The fourth-order valence-electron chi connectivity index (χ4n) is 3.65. The van der Waals surface area contributed by atoms with E-state index >= 15 is 0 Å². The van der Waals surface area contributed by atoms with Gasteiger partial charge in [-0.15, -0.1) is 0 Å². The Hall–Kier alpha value is -1.18. The van der Waals surface area contributed by atoms with Gasteiger partial charge in [-0.05, 0) is 25.7 Å². The standard InChI is InChI=1S/C26H49NO5S/c1-3-5-7-9-11-12-13-14-16-18-20-22-26(29)27-24(23-33(30,31)32)25(28)21-19-17-15-10-8-6-4-2/h8,10,19,21,24-25,28H,3-7,9,11-18,20,22-23H2,1-2H3,(H,27,29)(H,30,31,32)/b10-8+,21-19+. The van der Waals surface area contributed by atoms with Gasteiger partial charge in [0.25, 0.3) is 10.1 Å². The van der Waals surface area contributed by atoms with Crippen LogP contribution in [0.25, 0.3) is 0 Å². The maximum absolute atomic E-state index is 12.2. The number of allylic oxidation sites excluding steroid dienone is 3. The fraction of sp³-hybridized carbons (Fsp3) is 0.808. The number of unbranched alkanes of at least 4 members (excludes halogenated alkanes) is 12. The van der Waals surface area contributed by atoms with Crippen LogP contribution in [0.3, 0.4) is 0 Å². The summed E-state index contributed by atoms with van der Waals surface area (Å²) in [6, 6.07) is -1.06. The normalized spacial score (nSPS) is 14.2. The molecule has 0 aliphatic heterocycles. The van der Waals surface area contributed by atoms with Gasteiger partial charge in [-0.3, -0.25) is 9.35 Å². The molecule has 0 aliphatic carbocycles. The molecule has 33 heavy (non-hydrogen) atoms. The molecule has 6 nitrogen and oxygen atoms in total. The van der Waals surface area contributed by atoms with Crippen molar-refractivity contribution < 1.29 is 22.9 Å². The van der Waals surface area contributed by atoms with Gasteiger partial charge in [0.05, 0.1) is 17.9 Å².